The van der Waals surface area contributed by atoms with E-state index in [1.807, 2.05) is 12.1 Å². The molecule has 1 N–H and O–H groups in total. The lowest BCUT2D eigenvalue weighted by Crippen LogP contribution is -2.06. The maximum atomic E-state index is 5.67. The SMILES string of the molecule is C#CCOc1c(Br)cc(Br)cc1CNc1cccc(C)c1C. The molecule has 0 atom stereocenters. The van der Waals surface area contributed by atoms with Crippen LogP contribution in [0.5, 0.6) is 5.75 Å². The van der Waals surface area contributed by atoms with E-state index in [0.29, 0.717) is 6.54 Å². The molecule has 22 heavy (non-hydrogen) atoms. The Balaban J connectivity index is 2.25. The summed E-state index contributed by atoms with van der Waals surface area (Å²) in [6.45, 7) is 5.13. The highest BCUT2D eigenvalue weighted by Crippen LogP contribution is 2.33. The first-order valence-electron chi connectivity index (χ1n) is 6.87. The van der Waals surface area contributed by atoms with Gasteiger partial charge < -0.3 is 10.1 Å². The molecule has 0 unspecified atom stereocenters. The maximum Gasteiger partial charge on any atom is 0.148 e. The van der Waals surface area contributed by atoms with Gasteiger partial charge in [-0.1, -0.05) is 34.0 Å². The van der Waals surface area contributed by atoms with Gasteiger partial charge in [0.2, 0.25) is 0 Å². The van der Waals surface area contributed by atoms with Gasteiger partial charge >= 0.3 is 0 Å². The van der Waals surface area contributed by atoms with Crippen LogP contribution in [0.4, 0.5) is 5.69 Å². The zero-order chi connectivity index (χ0) is 16.1. The van der Waals surface area contributed by atoms with Gasteiger partial charge in [0.05, 0.1) is 4.47 Å². The standard InChI is InChI=1S/C18H17Br2NO/c1-4-8-22-18-14(9-15(19)10-16(18)20)11-21-17-7-5-6-12(2)13(17)3/h1,5-7,9-10,21H,8,11H2,2-3H3. The molecule has 0 spiro atoms. The third kappa shape index (κ3) is 4.06. The highest BCUT2D eigenvalue weighted by atomic mass is 79.9. The molecule has 0 heterocycles. The summed E-state index contributed by atoms with van der Waals surface area (Å²) in [7, 11) is 0. The second-order valence-electron chi connectivity index (χ2n) is 4.97. The quantitative estimate of drug-likeness (QED) is 0.646. The van der Waals surface area contributed by atoms with E-state index in [-0.39, 0.29) is 6.61 Å². The molecule has 0 aromatic heterocycles. The molecule has 0 fully saturated rings. The van der Waals surface area contributed by atoms with Gasteiger partial charge in [0, 0.05) is 22.3 Å². The van der Waals surface area contributed by atoms with Crippen molar-refractivity contribution in [1.82, 2.24) is 0 Å². The topological polar surface area (TPSA) is 21.3 Å². The summed E-state index contributed by atoms with van der Waals surface area (Å²) in [4.78, 5) is 0. The summed E-state index contributed by atoms with van der Waals surface area (Å²) in [5.74, 6) is 3.28. The van der Waals surface area contributed by atoms with Crippen LogP contribution in [0, 0.1) is 26.2 Å². The molecule has 0 aliphatic heterocycles. The van der Waals surface area contributed by atoms with Crippen molar-refractivity contribution in [2.45, 2.75) is 20.4 Å². The lowest BCUT2D eigenvalue weighted by Gasteiger charge is -2.15. The van der Waals surface area contributed by atoms with Gasteiger partial charge in [-0.15, -0.1) is 6.42 Å². The van der Waals surface area contributed by atoms with E-state index in [1.165, 1.54) is 11.1 Å². The molecule has 0 amide bonds. The average molecular weight is 423 g/mol. The van der Waals surface area contributed by atoms with E-state index >= 15 is 0 Å². The fraction of sp³-hybridized carbons (Fsp3) is 0.222. The van der Waals surface area contributed by atoms with Crippen molar-refractivity contribution in [2.75, 3.05) is 11.9 Å². The fourth-order valence-corrected chi connectivity index (χ4v) is 3.58. The predicted molar refractivity (Wildman–Crippen MR) is 99.4 cm³/mol. The fourth-order valence-electron chi connectivity index (χ4n) is 2.15. The number of rotatable bonds is 5. The van der Waals surface area contributed by atoms with Gasteiger partial charge in [0.1, 0.15) is 12.4 Å². The van der Waals surface area contributed by atoms with Crippen LogP contribution in [0.25, 0.3) is 0 Å². The molecule has 0 saturated carbocycles. The minimum absolute atomic E-state index is 0.247. The first-order chi connectivity index (χ1) is 10.5. The molecule has 4 heteroatoms. The Morgan fingerprint density at radius 1 is 1.23 bits per heavy atom. The molecule has 0 bridgehead atoms. The molecule has 0 saturated heterocycles. The van der Waals surface area contributed by atoms with Crippen LogP contribution in [0.2, 0.25) is 0 Å². The number of benzene rings is 2. The molecular weight excluding hydrogens is 406 g/mol. The van der Waals surface area contributed by atoms with Gasteiger partial charge in [0.25, 0.3) is 0 Å². The van der Waals surface area contributed by atoms with Crippen LogP contribution in [0.15, 0.2) is 39.3 Å². The Hall–Kier alpha value is -1.44. The summed E-state index contributed by atoms with van der Waals surface area (Å²) < 4.78 is 7.55. The second-order valence-corrected chi connectivity index (χ2v) is 6.74. The molecule has 2 aromatic rings. The van der Waals surface area contributed by atoms with E-state index in [2.05, 4.69) is 75.1 Å². The van der Waals surface area contributed by atoms with E-state index in [9.17, 15) is 0 Å². The summed E-state index contributed by atoms with van der Waals surface area (Å²) in [6, 6.07) is 10.2. The Morgan fingerprint density at radius 3 is 2.73 bits per heavy atom. The number of anilines is 1. The Kier molecular flexibility index (Phi) is 5.93. The van der Waals surface area contributed by atoms with Gasteiger partial charge in [-0.3, -0.25) is 0 Å². The number of aryl methyl sites for hydroxylation is 1. The van der Waals surface area contributed by atoms with Crippen LogP contribution in [-0.4, -0.2) is 6.61 Å². The predicted octanol–water partition coefficient (Wildman–Crippen LogP) is 5.45. The van der Waals surface area contributed by atoms with Crippen LogP contribution in [0.1, 0.15) is 16.7 Å². The monoisotopic (exact) mass is 421 g/mol. The molecule has 0 radical (unpaired) electrons. The van der Waals surface area contributed by atoms with Crippen LogP contribution < -0.4 is 10.1 Å². The average Bonchev–Trinajstić information content (AvgIpc) is 2.47. The van der Waals surface area contributed by atoms with E-state index in [4.69, 9.17) is 11.2 Å². The summed E-state index contributed by atoms with van der Waals surface area (Å²) in [6.07, 6.45) is 5.29. The lowest BCUT2D eigenvalue weighted by molar-refractivity contribution is 0.364. The number of hydrogen-bond donors (Lipinski definition) is 1. The Bertz CT molecular complexity index is 720. The van der Waals surface area contributed by atoms with Gasteiger partial charge in [0.15, 0.2) is 0 Å². The van der Waals surface area contributed by atoms with Crippen molar-refractivity contribution < 1.29 is 4.74 Å². The minimum atomic E-state index is 0.247. The highest BCUT2D eigenvalue weighted by molar-refractivity contribution is 9.11. The van der Waals surface area contributed by atoms with Crippen molar-refractivity contribution in [1.29, 1.82) is 0 Å². The summed E-state index contributed by atoms with van der Waals surface area (Å²) in [5, 5.41) is 3.47. The molecule has 114 valence electrons. The first-order valence-corrected chi connectivity index (χ1v) is 8.45. The number of terminal acetylenes is 1. The number of halogens is 2. The van der Waals surface area contributed by atoms with Gasteiger partial charge in [-0.05, 0) is 59.1 Å². The zero-order valence-corrected chi connectivity index (χ0v) is 15.7. The minimum Gasteiger partial charge on any atom is -0.479 e. The van der Waals surface area contributed by atoms with E-state index in [0.717, 1.165) is 25.9 Å². The molecule has 0 aliphatic rings. The smallest absolute Gasteiger partial charge is 0.148 e. The van der Waals surface area contributed by atoms with Crippen molar-refractivity contribution >= 4 is 37.5 Å². The van der Waals surface area contributed by atoms with Gasteiger partial charge in [-0.25, -0.2) is 0 Å². The van der Waals surface area contributed by atoms with Crippen molar-refractivity contribution in [3.05, 3.63) is 56.0 Å². The molecule has 0 aliphatic carbocycles. The molecule has 2 nitrogen and oxygen atoms in total. The number of hydrogen-bond acceptors (Lipinski definition) is 2. The van der Waals surface area contributed by atoms with Crippen molar-refractivity contribution in [3.8, 4) is 18.1 Å². The number of nitrogens with one attached hydrogen (secondary N) is 1. The van der Waals surface area contributed by atoms with Gasteiger partial charge in [-0.2, -0.15) is 0 Å². The highest BCUT2D eigenvalue weighted by Gasteiger charge is 2.11. The zero-order valence-electron chi connectivity index (χ0n) is 12.5. The third-order valence-electron chi connectivity index (χ3n) is 3.46. The molecular formula is C18H17Br2NO. The Morgan fingerprint density at radius 2 is 2.00 bits per heavy atom. The van der Waals surface area contributed by atoms with Crippen molar-refractivity contribution in [3.63, 3.8) is 0 Å². The van der Waals surface area contributed by atoms with Crippen LogP contribution in [-0.2, 0) is 6.54 Å². The largest absolute Gasteiger partial charge is 0.479 e. The summed E-state index contributed by atoms with van der Waals surface area (Å²) >= 11 is 7.04. The number of ether oxygens (including phenoxy) is 1. The van der Waals surface area contributed by atoms with Crippen LogP contribution >= 0.6 is 31.9 Å². The lowest BCUT2D eigenvalue weighted by atomic mass is 10.1. The Labute approximate surface area is 148 Å². The van der Waals surface area contributed by atoms with Crippen molar-refractivity contribution in [2.24, 2.45) is 0 Å². The normalized spacial score (nSPS) is 10.1. The van der Waals surface area contributed by atoms with E-state index in [1.54, 1.807) is 0 Å². The molecule has 2 rings (SSSR count). The maximum absolute atomic E-state index is 5.67. The molecule has 2 aromatic carbocycles. The second kappa shape index (κ2) is 7.71. The first kappa shape index (κ1) is 16.9. The third-order valence-corrected chi connectivity index (χ3v) is 4.51. The van der Waals surface area contributed by atoms with Crippen LogP contribution in [0.3, 0.4) is 0 Å². The summed E-state index contributed by atoms with van der Waals surface area (Å²) in [5.41, 5.74) is 4.68. The van der Waals surface area contributed by atoms with E-state index < -0.39 is 0 Å².